The number of nitrogens with one attached hydrogen (secondary N) is 2. The summed E-state index contributed by atoms with van der Waals surface area (Å²) in [6, 6.07) is 11.9. The molecule has 0 saturated carbocycles. The van der Waals surface area contributed by atoms with E-state index in [4.69, 9.17) is 14.3 Å². The van der Waals surface area contributed by atoms with Gasteiger partial charge < -0.3 is 19.8 Å². The zero-order valence-electron chi connectivity index (χ0n) is 17.1. The SMILES string of the molecule is CCOC(=O)C1C(C)NC(=O)NC1c1cn(-c2ccccc2)nc1-c1ccc(C)o1. The molecule has 2 N–H and O–H groups in total. The minimum Gasteiger partial charge on any atom is -0.466 e. The topological polar surface area (TPSA) is 98.4 Å². The average Bonchev–Trinajstić information content (AvgIpc) is 3.34. The first-order valence-electron chi connectivity index (χ1n) is 9.93. The Bertz CT molecular complexity index is 1060. The van der Waals surface area contributed by atoms with E-state index in [9.17, 15) is 9.59 Å². The van der Waals surface area contributed by atoms with Crippen LogP contribution in [0.2, 0.25) is 0 Å². The van der Waals surface area contributed by atoms with Gasteiger partial charge in [-0.1, -0.05) is 18.2 Å². The molecule has 1 saturated heterocycles. The van der Waals surface area contributed by atoms with Gasteiger partial charge in [0.25, 0.3) is 0 Å². The number of carbonyl (C=O) groups excluding carboxylic acids is 2. The minimum absolute atomic E-state index is 0.260. The van der Waals surface area contributed by atoms with Gasteiger partial charge in [0.15, 0.2) is 5.76 Å². The van der Waals surface area contributed by atoms with E-state index in [1.807, 2.05) is 55.6 Å². The number of ether oxygens (including phenoxy) is 1. The van der Waals surface area contributed by atoms with E-state index >= 15 is 0 Å². The Morgan fingerprint density at radius 2 is 1.97 bits per heavy atom. The second-order valence-corrected chi connectivity index (χ2v) is 7.29. The summed E-state index contributed by atoms with van der Waals surface area (Å²) in [5.41, 5.74) is 2.11. The van der Waals surface area contributed by atoms with Crippen molar-refractivity contribution in [2.24, 2.45) is 5.92 Å². The highest BCUT2D eigenvalue weighted by Crippen LogP contribution is 2.36. The molecule has 0 bridgehead atoms. The Morgan fingerprint density at radius 1 is 1.20 bits per heavy atom. The first-order valence-corrected chi connectivity index (χ1v) is 9.93. The second kappa shape index (κ2) is 8.06. The van der Waals surface area contributed by atoms with Crippen LogP contribution in [-0.4, -0.2) is 34.4 Å². The molecule has 0 spiro atoms. The van der Waals surface area contributed by atoms with E-state index < -0.39 is 18.0 Å². The third kappa shape index (κ3) is 3.68. The molecular weight excluding hydrogens is 384 g/mol. The van der Waals surface area contributed by atoms with Gasteiger partial charge in [-0.25, -0.2) is 9.48 Å². The maximum atomic E-state index is 12.8. The quantitative estimate of drug-likeness (QED) is 0.631. The van der Waals surface area contributed by atoms with Gasteiger partial charge >= 0.3 is 12.0 Å². The number of rotatable bonds is 5. The molecule has 156 valence electrons. The Hall–Kier alpha value is -3.55. The number of urea groups is 1. The van der Waals surface area contributed by atoms with Gasteiger partial charge in [0, 0.05) is 17.8 Å². The maximum absolute atomic E-state index is 12.8. The molecule has 8 nitrogen and oxygen atoms in total. The van der Waals surface area contributed by atoms with Gasteiger partial charge in [0.1, 0.15) is 17.4 Å². The highest BCUT2D eigenvalue weighted by molar-refractivity contribution is 5.83. The molecule has 3 heterocycles. The summed E-state index contributed by atoms with van der Waals surface area (Å²) in [7, 11) is 0. The molecular formula is C22H24N4O4. The molecule has 1 aliphatic rings. The van der Waals surface area contributed by atoms with Gasteiger partial charge in [-0.3, -0.25) is 4.79 Å². The van der Waals surface area contributed by atoms with Gasteiger partial charge in [-0.05, 0) is 45.0 Å². The molecule has 4 rings (SSSR count). The van der Waals surface area contributed by atoms with Crippen LogP contribution < -0.4 is 10.6 Å². The van der Waals surface area contributed by atoms with Crippen LogP contribution in [0.3, 0.4) is 0 Å². The Kier molecular flexibility index (Phi) is 5.31. The van der Waals surface area contributed by atoms with E-state index in [0.717, 1.165) is 11.4 Å². The number of hydrogen-bond acceptors (Lipinski definition) is 5. The summed E-state index contributed by atoms with van der Waals surface area (Å²) in [5, 5.41) is 10.4. The van der Waals surface area contributed by atoms with E-state index in [1.54, 1.807) is 18.5 Å². The fourth-order valence-electron chi connectivity index (χ4n) is 3.79. The number of esters is 1. The fraction of sp³-hybridized carbons (Fsp3) is 0.318. The van der Waals surface area contributed by atoms with Crippen LogP contribution in [0, 0.1) is 12.8 Å². The number of carbonyl (C=O) groups is 2. The van der Waals surface area contributed by atoms with Crippen LogP contribution in [0.1, 0.15) is 31.2 Å². The summed E-state index contributed by atoms with van der Waals surface area (Å²) in [6.07, 6.45) is 1.83. The molecule has 8 heteroatoms. The van der Waals surface area contributed by atoms with Crippen molar-refractivity contribution in [3.8, 4) is 17.1 Å². The molecule has 3 atom stereocenters. The summed E-state index contributed by atoms with van der Waals surface area (Å²) in [4.78, 5) is 25.1. The zero-order chi connectivity index (χ0) is 21.3. The van der Waals surface area contributed by atoms with Crippen LogP contribution >= 0.6 is 0 Å². The summed E-state index contributed by atoms with van der Waals surface area (Å²) in [6.45, 7) is 5.67. The van der Waals surface area contributed by atoms with Crippen molar-refractivity contribution in [1.29, 1.82) is 0 Å². The highest BCUT2D eigenvalue weighted by atomic mass is 16.5. The van der Waals surface area contributed by atoms with Crippen LogP contribution in [0.15, 0.2) is 53.1 Å². The molecule has 1 aromatic carbocycles. The van der Waals surface area contributed by atoms with Crippen molar-refractivity contribution in [2.45, 2.75) is 32.9 Å². The summed E-state index contributed by atoms with van der Waals surface area (Å²) >= 11 is 0. The van der Waals surface area contributed by atoms with Gasteiger partial charge in [-0.15, -0.1) is 0 Å². The van der Waals surface area contributed by atoms with Crippen molar-refractivity contribution in [2.75, 3.05) is 6.61 Å². The molecule has 0 aliphatic carbocycles. The van der Waals surface area contributed by atoms with Crippen LogP contribution in [0.4, 0.5) is 4.79 Å². The van der Waals surface area contributed by atoms with E-state index in [-0.39, 0.29) is 18.6 Å². The maximum Gasteiger partial charge on any atom is 0.315 e. The van der Waals surface area contributed by atoms with Gasteiger partial charge in [0.05, 0.1) is 18.3 Å². The Morgan fingerprint density at radius 3 is 2.63 bits per heavy atom. The predicted octanol–water partition coefficient (Wildman–Crippen LogP) is 3.36. The number of para-hydroxylation sites is 1. The molecule has 1 fully saturated rings. The monoisotopic (exact) mass is 408 g/mol. The standard InChI is InChI=1S/C22H24N4O4/c1-4-29-21(27)18-14(3)23-22(28)24-20(18)16-12-26(15-8-6-5-7-9-15)25-19(16)17-11-10-13(2)30-17/h5-12,14,18,20H,4H2,1-3H3,(H2,23,24,28). The number of amides is 2. The van der Waals surface area contributed by atoms with E-state index in [2.05, 4.69) is 10.6 Å². The lowest BCUT2D eigenvalue weighted by Gasteiger charge is -2.36. The molecule has 3 aromatic rings. The lowest BCUT2D eigenvalue weighted by molar-refractivity contribution is -0.150. The average molecular weight is 408 g/mol. The fourth-order valence-corrected chi connectivity index (χ4v) is 3.79. The van der Waals surface area contributed by atoms with E-state index in [1.165, 1.54) is 0 Å². The third-order valence-corrected chi connectivity index (χ3v) is 5.17. The van der Waals surface area contributed by atoms with E-state index in [0.29, 0.717) is 17.0 Å². The van der Waals surface area contributed by atoms with Crippen molar-refractivity contribution >= 4 is 12.0 Å². The predicted molar refractivity (Wildman–Crippen MR) is 110 cm³/mol. The molecule has 0 radical (unpaired) electrons. The van der Waals surface area contributed by atoms with Crippen LogP contribution in [-0.2, 0) is 9.53 Å². The summed E-state index contributed by atoms with van der Waals surface area (Å²) in [5.74, 6) is 0.317. The first-order chi connectivity index (χ1) is 14.5. The van der Waals surface area contributed by atoms with Crippen molar-refractivity contribution in [1.82, 2.24) is 20.4 Å². The lowest BCUT2D eigenvalue weighted by Crippen LogP contribution is -2.57. The Labute approximate surface area is 174 Å². The van der Waals surface area contributed by atoms with Crippen molar-refractivity contribution < 1.29 is 18.7 Å². The van der Waals surface area contributed by atoms with Crippen molar-refractivity contribution in [3.05, 3.63) is 60.0 Å². The van der Waals surface area contributed by atoms with Gasteiger partial charge in [-0.2, -0.15) is 5.10 Å². The molecule has 1 aliphatic heterocycles. The largest absolute Gasteiger partial charge is 0.466 e. The number of hydrogen-bond donors (Lipinski definition) is 2. The molecule has 3 unspecified atom stereocenters. The summed E-state index contributed by atoms with van der Waals surface area (Å²) < 4.78 is 12.9. The normalized spacial score (nSPS) is 21.0. The number of nitrogens with zero attached hydrogens (tertiary/aromatic N) is 2. The number of aromatic nitrogens is 2. The molecule has 2 amide bonds. The number of furan rings is 1. The van der Waals surface area contributed by atoms with Crippen LogP contribution in [0.5, 0.6) is 0 Å². The smallest absolute Gasteiger partial charge is 0.315 e. The number of aryl methyl sites for hydroxylation is 1. The second-order valence-electron chi connectivity index (χ2n) is 7.29. The van der Waals surface area contributed by atoms with Crippen molar-refractivity contribution in [3.63, 3.8) is 0 Å². The van der Waals surface area contributed by atoms with Crippen LogP contribution in [0.25, 0.3) is 17.1 Å². The molecule has 2 aromatic heterocycles. The Balaban J connectivity index is 1.85. The van der Waals surface area contributed by atoms with Gasteiger partial charge in [0.2, 0.25) is 0 Å². The minimum atomic E-state index is -0.620. The first kappa shape index (κ1) is 19.8. The zero-order valence-corrected chi connectivity index (χ0v) is 17.1. The highest BCUT2D eigenvalue weighted by Gasteiger charge is 2.43. The third-order valence-electron chi connectivity index (χ3n) is 5.17. The molecule has 30 heavy (non-hydrogen) atoms. The lowest BCUT2D eigenvalue weighted by atomic mass is 9.86. The number of benzene rings is 1.